The molecule has 0 saturated carbocycles. The molecule has 1 aromatic heterocycles. The van der Waals surface area contributed by atoms with Crippen LogP contribution in [-0.4, -0.2) is 20.7 Å². The SMILES string of the molecule is CCn1c(SC(C)C(=O)NCc2ccc(C)cc2)nc2ccccc21. The molecule has 0 aliphatic heterocycles. The monoisotopic (exact) mass is 353 g/mol. The highest BCUT2D eigenvalue weighted by molar-refractivity contribution is 8.00. The zero-order valence-electron chi connectivity index (χ0n) is 14.8. The van der Waals surface area contributed by atoms with Crippen molar-refractivity contribution >= 4 is 28.7 Å². The molecule has 5 heteroatoms. The molecule has 1 N–H and O–H groups in total. The molecule has 1 heterocycles. The largest absolute Gasteiger partial charge is 0.351 e. The maximum atomic E-state index is 12.4. The van der Waals surface area contributed by atoms with Crippen LogP contribution in [0.25, 0.3) is 11.0 Å². The lowest BCUT2D eigenvalue weighted by Crippen LogP contribution is -2.30. The smallest absolute Gasteiger partial charge is 0.233 e. The van der Waals surface area contributed by atoms with Gasteiger partial charge < -0.3 is 9.88 Å². The zero-order chi connectivity index (χ0) is 17.8. The Kier molecular flexibility index (Phi) is 5.43. The zero-order valence-corrected chi connectivity index (χ0v) is 15.6. The van der Waals surface area contributed by atoms with Gasteiger partial charge in [-0.1, -0.05) is 53.7 Å². The van der Waals surface area contributed by atoms with Gasteiger partial charge in [-0.2, -0.15) is 0 Å². The second-order valence-electron chi connectivity index (χ2n) is 6.09. The van der Waals surface area contributed by atoms with Crippen LogP contribution in [0.5, 0.6) is 0 Å². The number of carbonyl (C=O) groups excluding carboxylic acids is 1. The highest BCUT2D eigenvalue weighted by Crippen LogP contribution is 2.27. The van der Waals surface area contributed by atoms with E-state index in [2.05, 4.69) is 46.9 Å². The van der Waals surface area contributed by atoms with Crippen LogP contribution in [-0.2, 0) is 17.9 Å². The highest BCUT2D eigenvalue weighted by atomic mass is 32.2. The van der Waals surface area contributed by atoms with Crippen LogP contribution in [0.3, 0.4) is 0 Å². The summed E-state index contributed by atoms with van der Waals surface area (Å²) >= 11 is 1.51. The number of aromatic nitrogens is 2. The van der Waals surface area contributed by atoms with Gasteiger partial charge in [-0.15, -0.1) is 0 Å². The Morgan fingerprint density at radius 3 is 2.64 bits per heavy atom. The van der Waals surface area contributed by atoms with E-state index >= 15 is 0 Å². The van der Waals surface area contributed by atoms with Crippen molar-refractivity contribution in [2.45, 2.75) is 44.3 Å². The topological polar surface area (TPSA) is 46.9 Å². The second-order valence-corrected chi connectivity index (χ2v) is 7.40. The Labute approximate surface area is 152 Å². The minimum atomic E-state index is -0.201. The number of nitrogens with one attached hydrogen (secondary N) is 1. The third-order valence-corrected chi connectivity index (χ3v) is 5.26. The quantitative estimate of drug-likeness (QED) is 0.677. The third-order valence-electron chi connectivity index (χ3n) is 4.17. The van der Waals surface area contributed by atoms with Crippen LogP contribution in [0.1, 0.15) is 25.0 Å². The molecule has 1 amide bonds. The van der Waals surface area contributed by atoms with Gasteiger partial charge >= 0.3 is 0 Å². The molecule has 0 bridgehead atoms. The van der Waals surface area contributed by atoms with Crippen LogP contribution in [0, 0.1) is 6.92 Å². The Morgan fingerprint density at radius 1 is 1.20 bits per heavy atom. The summed E-state index contributed by atoms with van der Waals surface area (Å²) in [4.78, 5) is 17.1. The molecule has 0 aliphatic carbocycles. The Balaban J connectivity index is 1.66. The molecule has 3 rings (SSSR count). The van der Waals surface area contributed by atoms with Crippen LogP contribution in [0.15, 0.2) is 53.7 Å². The first kappa shape index (κ1) is 17.5. The summed E-state index contributed by atoms with van der Waals surface area (Å²) in [5, 5.41) is 3.70. The average Bonchev–Trinajstić information content (AvgIpc) is 2.97. The molecule has 130 valence electrons. The number of amides is 1. The van der Waals surface area contributed by atoms with E-state index in [0.29, 0.717) is 6.54 Å². The first-order valence-corrected chi connectivity index (χ1v) is 9.41. The summed E-state index contributed by atoms with van der Waals surface area (Å²) in [6.07, 6.45) is 0. The lowest BCUT2D eigenvalue weighted by molar-refractivity contribution is -0.120. The van der Waals surface area contributed by atoms with E-state index in [-0.39, 0.29) is 11.2 Å². The number of rotatable bonds is 6. The fourth-order valence-corrected chi connectivity index (χ4v) is 3.71. The fraction of sp³-hybridized carbons (Fsp3) is 0.300. The van der Waals surface area contributed by atoms with Crippen molar-refractivity contribution in [1.82, 2.24) is 14.9 Å². The average molecular weight is 353 g/mol. The number of para-hydroxylation sites is 2. The Hall–Kier alpha value is -2.27. The van der Waals surface area contributed by atoms with Gasteiger partial charge in [0.15, 0.2) is 5.16 Å². The van der Waals surface area contributed by atoms with Gasteiger partial charge in [0, 0.05) is 13.1 Å². The summed E-state index contributed by atoms with van der Waals surface area (Å²) < 4.78 is 2.16. The molecule has 3 aromatic rings. The van der Waals surface area contributed by atoms with Gasteiger partial charge in [0.25, 0.3) is 0 Å². The number of hydrogen-bond acceptors (Lipinski definition) is 3. The van der Waals surface area contributed by atoms with E-state index < -0.39 is 0 Å². The van der Waals surface area contributed by atoms with Crippen molar-refractivity contribution in [3.63, 3.8) is 0 Å². The Morgan fingerprint density at radius 2 is 1.92 bits per heavy atom. The maximum Gasteiger partial charge on any atom is 0.233 e. The third kappa shape index (κ3) is 4.04. The highest BCUT2D eigenvalue weighted by Gasteiger charge is 2.18. The van der Waals surface area contributed by atoms with Gasteiger partial charge in [0.05, 0.1) is 16.3 Å². The first-order valence-electron chi connectivity index (χ1n) is 8.53. The van der Waals surface area contributed by atoms with Crippen LogP contribution in [0.2, 0.25) is 0 Å². The van der Waals surface area contributed by atoms with E-state index in [4.69, 9.17) is 0 Å². The molecule has 0 aliphatic rings. The minimum Gasteiger partial charge on any atom is -0.351 e. The molecule has 0 radical (unpaired) electrons. The number of thioether (sulfide) groups is 1. The van der Waals surface area contributed by atoms with Gasteiger partial charge in [-0.3, -0.25) is 4.79 Å². The fourth-order valence-electron chi connectivity index (χ4n) is 2.70. The second kappa shape index (κ2) is 7.74. The summed E-state index contributed by atoms with van der Waals surface area (Å²) in [7, 11) is 0. The number of imidazole rings is 1. The lowest BCUT2D eigenvalue weighted by Gasteiger charge is -2.13. The predicted octanol–water partition coefficient (Wildman–Crippen LogP) is 4.16. The molecule has 0 saturated heterocycles. The first-order chi connectivity index (χ1) is 12.1. The molecular weight excluding hydrogens is 330 g/mol. The van der Waals surface area contributed by atoms with Crippen molar-refractivity contribution < 1.29 is 4.79 Å². The maximum absolute atomic E-state index is 12.4. The van der Waals surface area contributed by atoms with Crippen molar-refractivity contribution in [3.8, 4) is 0 Å². The van der Waals surface area contributed by atoms with Crippen LogP contribution in [0.4, 0.5) is 0 Å². The van der Waals surface area contributed by atoms with Gasteiger partial charge in [0.2, 0.25) is 5.91 Å². The number of carbonyl (C=O) groups is 1. The number of fused-ring (bicyclic) bond motifs is 1. The van der Waals surface area contributed by atoms with Crippen molar-refractivity contribution in [2.75, 3.05) is 0 Å². The van der Waals surface area contributed by atoms with Gasteiger partial charge in [-0.05, 0) is 38.5 Å². The summed E-state index contributed by atoms with van der Waals surface area (Å²) in [6, 6.07) is 16.3. The lowest BCUT2D eigenvalue weighted by atomic mass is 10.1. The molecule has 2 aromatic carbocycles. The minimum absolute atomic E-state index is 0.0280. The van der Waals surface area contributed by atoms with Crippen LogP contribution < -0.4 is 5.32 Å². The number of hydrogen-bond donors (Lipinski definition) is 1. The standard InChI is InChI=1S/C20H23N3OS/c1-4-23-18-8-6-5-7-17(18)22-20(23)25-15(3)19(24)21-13-16-11-9-14(2)10-12-16/h5-12,15H,4,13H2,1-3H3,(H,21,24). The molecule has 1 unspecified atom stereocenters. The van der Waals surface area contributed by atoms with Gasteiger partial charge in [0.1, 0.15) is 0 Å². The number of aryl methyl sites for hydroxylation is 2. The summed E-state index contributed by atoms with van der Waals surface area (Å²) in [5.74, 6) is 0.0280. The van der Waals surface area contributed by atoms with E-state index in [1.54, 1.807) is 0 Å². The molecule has 0 fully saturated rings. The van der Waals surface area contributed by atoms with Crippen molar-refractivity contribution in [1.29, 1.82) is 0 Å². The molecule has 0 spiro atoms. The van der Waals surface area contributed by atoms with E-state index in [1.807, 2.05) is 37.3 Å². The Bertz CT molecular complexity index is 870. The summed E-state index contributed by atoms with van der Waals surface area (Å²) in [6.45, 7) is 7.46. The normalized spacial score (nSPS) is 12.3. The van der Waals surface area contributed by atoms with E-state index in [9.17, 15) is 4.79 Å². The van der Waals surface area contributed by atoms with E-state index in [1.165, 1.54) is 17.3 Å². The number of nitrogens with zero attached hydrogens (tertiary/aromatic N) is 2. The predicted molar refractivity (Wildman–Crippen MR) is 104 cm³/mol. The molecular formula is C20H23N3OS. The van der Waals surface area contributed by atoms with Crippen molar-refractivity contribution in [2.24, 2.45) is 0 Å². The summed E-state index contributed by atoms with van der Waals surface area (Å²) in [5.41, 5.74) is 4.41. The van der Waals surface area contributed by atoms with Crippen molar-refractivity contribution in [3.05, 3.63) is 59.7 Å². The van der Waals surface area contributed by atoms with Crippen LogP contribution >= 0.6 is 11.8 Å². The molecule has 25 heavy (non-hydrogen) atoms. The van der Waals surface area contributed by atoms with E-state index in [0.717, 1.165) is 28.3 Å². The number of benzene rings is 2. The van der Waals surface area contributed by atoms with Gasteiger partial charge in [-0.25, -0.2) is 4.98 Å². The molecule has 4 nitrogen and oxygen atoms in total. The molecule has 1 atom stereocenters.